The van der Waals surface area contributed by atoms with E-state index < -0.39 is 24.9 Å². The number of hydrogen-bond acceptors (Lipinski definition) is 2. The van der Waals surface area contributed by atoms with Crippen molar-refractivity contribution < 1.29 is 13.6 Å². The summed E-state index contributed by atoms with van der Waals surface area (Å²) in [6, 6.07) is 6.71. The third-order valence-electron chi connectivity index (χ3n) is 3.44. The van der Waals surface area contributed by atoms with Crippen molar-refractivity contribution in [1.29, 1.82) is 0 Å². The Morgan fingerprint density at radius 1 is 1.47 bits per heavy atom. The van der Waals surface area contributed by atoms with Gasteiger partial charge in [0.2, 0.25) is 5.91 Å². The lowest BCUT2D eigenvalue weighted by molar-refractivity contribution is -0.124. The average Bonchev–Trinajstić information content (AvgIpc) is 2.70. The fourth-order valence-corrected chi connectivity index (χ4v) is 2.37. The Labute approximate surface area is 111 Å². The van der Waals surface area contributed by atoms with E-state index in [1.807, 2.05) is 38.1 Å². The Morgan fingerprint density at radius 3 is 2.74 bits per heavy atom. The predicted octanol–water partition coefficient (Wildman–Crippen LogP) is 2.17. The van der Waals surface area contributed by atoms with Crippen LogP contribution in [0.2, 0.25) is 0 Å². The van der Waals surface area contributed by atoms with Crippen LogP contribution in [-0.4, -0.2) is 24.4 Å². The number of nitrogens with one attached hydrogen (secondary N) is 2. The lowest BCUT2D eigenvalue weighted by atomic mass is 10.0. The number of aryl methyl sites for hydroxylation is 1. The molecule has 1 heterocycles. The highest BCUT2D eigenvalue weighted by atomic mass is 19.3. The van der Waals surface area contributed by atoms with Gasteiger partial charge in [-0.15, -0.1) is 0 Å². The minimum Gasteiger partial charge on any atom is -0.348 e. The van der Waals surface area contributed by atoms with Crippen LogP contribution in [0, 0.1) is 6.92 Å². The second-order valence-electron chi connectivity index (χ2n) is 5.08. The van der Waals surface area contributed by atoms with Crippen molar-refractivity contribution in [2.75, 3.05) is 6.54 Å². The van der Waals surface area contributed by atoms with Gasteiger partial charge in [-0.1, -0.05) is 24.3 Å². The second-order valence-corrected chi connectivity index (χ2v) is 5.08. The molecule has 2 atom stereocenters. The van der Waals surface area contributed by atoms with Gasteiger partial charge in [-0.25, -0.2) is 8.78 Å². The highest BCUT2D eigenvalue weighted by molar-refractivity contribution is 5.82. The highest BCUT2D eigenvalue weighted by Crippen LogP contribution is 2.25. The normalized spacial score (nSPS) is 23.1. The Hall–Kier alpha value is -1.49. The number of benzene rings is 1. The van der Waals surface area contributed by atoms with Crippen molar-refractivity contribution in [3.63, 3.8) is 0 Å². The summed E-state index contributed by atoms with van der Waals surface area (Å²) in [7, 11) is 0. The number of alkyl halides is 2. The molecule has 2 rings (SSSR count). The van der Waals surface area contributed by atoms with E-state index in [0.717, 1.165) is 11.1 Å². The molecule has 0 saturated carbocycles. The van der Waals surface area contributed by atoms with Crippen molar-refractivity contribution >= 4 is 5.91 Å². The van der Waals surface area contributed by atoms with Gasteiger partial charge >= 0.3 is 0 Å². The SMILES string of the molecule is Cc1ccccc1C(C)NC(=O)C1CC(F)(F)CN1. The maximum Gasteiger partial charge on any atom is 0.262 e. The van der Waals surface area contributed by atoms with Gasteiger partial charge in [-0.2, -0.15) is 0 Å². The molecule has 0 bridgehead atoms. The van der Waals surface area contributed by atoms with Crippen molar-refractivity contribution in [2.24, 2.45) is 0 Å². The molecule has 1 aliphatic rings. The maximum absolute atomic E-state index is 13.0. The quantitative estimate of drug-likeness (QED) is 0.882. The van der Waals surface area contributed by atoms with Gasteiger partial charge in [0.1, 0.15) is 0 Å². The summed E-state index contributed by atoms with van der Waals surface area (Å²) in [5.74, 6) is -3.15. The monoisotopic (exact) mass is 268 g/mol. The van der Waals surface area contributed by atoms with Gasteiger partial charge in [0, 0.05) is 6.42 Å². The molecule has 3 nitrogen and oxygen atoms in total. The molecule has 104 valence electrons. The minimum atomic E-state index is -2.78. The van der Waals surface area contributed by atoms with Gasteiger partial charge in [0.15, 0.2) is 0 Å². The zero-order valence-electron chi connectivity index (χ0n) is 11.0. The molecule has 1 aromatic rings. The van der Waals surface area contributed by atoms with Crippen LogP contribution < -0.4 is 10.6 Å². The summed E-state index contributed by atoms with van der Waals surface area (Å²) >= 11 is 0. The molecule has 1 amide bonds. The summed E-state index contributed by atoms with van der Waals surface area (Å²) in [5, 5.41) is 5.34. The van der Waals surface area contributed by atoms with Crippen LogP contribution in [0.5, 0.6) is 0 Å². The van der Waals surface area contributed by atoms with E-state index in [4.69, 9.17) is 0 Å². The molecule has 0 spiro atoms. The number of hydrogen-bond donors (Lipinski definition) is 2. The number of halogens is 2. The second kappa shape index (κ2) is 5.25. The number of carbonyl (C=O) groups excluding carboxylic acids is 1. The third-order valence-corrected chi connectivity index (χ3v) is 3.44. The van der Waals surface area contributed by atoms with Crippen LogP contribution in [-0.2, 0) is 4.79 Å². The first-order chi connectivity index (χ1) is 8.89. The van der Waals surface area contributed by atoms with E-state index in [-0.39, 0.29) is 11.9 Å². The average molecular weight is 268 g/mol. The minimum absolute atomic E-state index is 0.190. The molecule has 2 unspecified atom stereocenters. The fraction of sp³-hybridized carbons (Fsp3) is 0.500. The van der Waals surface area contributed by atoms with Crippen LogP contribution in [0.15, 0.2) is 24.3 Å². The van der Waals surface area contributed by atoms with Crippen molar-refractivity contribution in [2.45, 2.75) is 38.3 Å². The molecule has 5 heteroatoms. The lowest BCUT2D eigenvalue weighted by Gasteiger charge is -2.19. The van der Waals surface area contributed by atoms with Crippen molar-refractivity contribution in [3.05, 3.63) is 35.4 Å². The highest BCUT2D eigenvalue weighted by Gasteiger charge is 2.42. The largest absolute Gasteiger partial charge is 0.348 e. The summed E-state index contributed by atoms with van der Waals surface area (Å²) in [6.45, 7) is 3.39. The first-order valence-electron chi connectivity index (χ1n) is 6.36. The molecule has 19 heavy (non-hydrogen) atoms. The van der Waals surface area contributed by atoms with Crippen molar-refractivity contribution in [3.8, 4) is 0 Å². The standard InChI is InChI=1S/C14H18F2N2O/c1-9-5-3-4-6-11(9)10(2)18-13(19)12-7-14(15,16)8-17-12/h3-6,10,12,17H,7-8H2,1-2H3,(H,18,19). The van der Waals surface area contributed by atoms with E-state index in [1.165, 1.54) is 0 Å². The van der Waals surface area contributed by atoms with Crippen molar-refractivity contribution in [1.82, 2.24) is 10.6 Å². The molecule has 1 aliphatic heterocycles. The number of carbonyl (C=O) groups is 1. The van der Waals surface area contributed by atoms with Crippen LogP contribution in [0.25, 0.3) is 0 Å². The van der Waals surface area contributed by atoms with E-state index in [1.54, 1.807) is 0 Å². The molecular formula is C14H18F2N2O. The van der Waals surface area contributed by atoms with Crippen LogP contribution in [0.1, 0.15) is 30.5 Å². The molecular weight excluding hydrogens is 250 g/mol. The fourth-order valence-electron chi connectivity index (χ4n) is 2.37. The maximum atomic E-state index is 13.0. The van der Waals surface area contributed by atoms with Crippen LogP contribution >= 0.6 is 0 Å². The van der Waals surface area contributed by atoms with Crippen LogP contribution in [0.3, 0.4) is 0 Å². The van der Waals surface area contributed by atoms with E-state index in [2.05, 4.69) is 10.6 Å². The van der Waals surface area contributed by atoms with Gasteiger partial charge in [-0.05, 0) is 25.0 Å². The summed E-state index contributed by atoms with van der Waals surface area (Å²) in [6.07, 6.45) is -0.431. The molecule has 1 saturated heterocycles. The third kappa shape index (κ3) is 3.29. The van der Waals surface area contributed by atoms with E-state index >= 15 is 0 Å². The Bertz CT molecular complexity index is 476. The summed E-state index contributed by atoms with van der Waals surface area (Å²) in [5.41, 5.74) is 2.07. The predicted molar refractivity (Wildman–Crippen MR) is 69.1 cm³/mol. The van der Waals surface area contributed by atoms with Gasteiger partial charge in [-0.3, -0.25) is 10.1 Å². The molecule has 2 N–H and O–H groups in total. The molecule has 0 radical (unpaired) electrons. The van der Waals surface area contributed by atoms with Gasteiger partial charge < -0.3 is 5.32 Å². The number of rotatable bonds is 3. The molecule has 0 aliphatic carbocycles. The Balaban J connectivity index is 1.98. The topological polar surface area (TPSA) is 41.1 Å². The van der Waals surface area contributed by atoms with Gasteiger partial charge in [0.05, 0.1) is 18.6 Å². The lowest BCUT2D eigenvalue weighted by Crippen LogP contribution is -2.41. The molecule has 1 aromatic carbocycles. The summed E-state index contributed by atoms with van der Waals surface area (Å²) in [4.78, 5) is 11.9. The Kier molecular flexibility index (Phi) is 3.85. The smallest absolute Gasteiger partial charge is 0.262 e. The Morgan fingerprint density at radius 2 is 2.16 bits per heavy atom. The zero-order chi connectivity index (χ0) is 14.0. The molecule has 1 fully saturated rings. The first kappa shape index (κ1) is 13.9. The molecule has 0 aromatic heterocycles. The first-order valence-corrected chi connectivity index (χ1v) is 6.36. The van der Waals surface area contributed by atoms with Gasteiger partial charge in [0.25, 0.3) is 5.92 Å². The number of amides is 1. The van der Waals surface area contributed by atoms with E-state index in [9.17, 15) is 13.6 Å². The van der Waals surface area contributed by atoms with E-state index in [0.29, 0.717) is 0 Å². The summed E-state index contributed by atoms with van der Waals surface area (Å²) < 4.78 is 26.1. The zero-order valence-corrected chi connectivity index (χ0v) is 11.0. The van der Waals surface area contributed by atoms with Crippen LogP contribution in [0.4, 0.5) is 8.78 Å².